The van der Waals surface area contributed by atoms with Crippen LogP contribution in [0.2, 0.25) is 0 Å². The minimum atomic E-state index is -4.47. The van der Waals surface area contributed by atoms with Crippen molar-refractivity contribution in [3.63, 3.8) is 0 Å². The van der Waals surface area contributed by atoms with Gasteiger partial charge in [0.1, 0.15) is 17.3 Å². The van der Waals surface area contributed by atoms with Crippen molar-refractivity contribution in [2.24, 2.45) is 5.92 Å². The van der Waals surface area contributed by atoms with E-state index in [1.807, 2.05) is 11.0 Å². The molecule has 2 atom stereocenters. The molecule has 2 bridgehead atoms. The summed E-state index contributed by atoms with van der Waals surface area (Å²) in [6.07, 6.45) is -0.278. The molecule has 3 aromatic heterocycles. The van der Waals surface area contributed by atoms with Crippen LogP contribution in [-0.2, 0) is 12.7 Å². The van der Waals surface area contributed by atoms with Crippen LogP contribution in [0.5, 0.6) is 0 Å². The second-order valence-electron chi connectivity index (χ2n) is 7.61. The molecule has 5 heterocycles. The first kappa shape index (κ1) is 18.0. The summed E-state index contributed by atoms with van der Waals surface area (Å²) in [4.78, 5) is 25.9. The molecule has 6 nitrogen and oxygen atoms in total. The number of imidazole rings is 1. The normalized spacial score (nSPS) is 21.1. The van der Waals surface area contributed by atoms with Gasteiger partial charge in [-0.2, -0.15) is 13.2 Å². The lowest BCUT2D eigenvalue weighted by Gasteiger charge is -2.43. The molecule has 0 saturated carbocycles. The summed E-state index contributed by atoms with van der Waals surface area (Å²) in [7, 11) is 0. The quantitative estimate of drug-likeness (QED) is 0.716. The summed E-state index contributed by atoms with van der Waals surface area (Å²) in [5.41, 5.74) is 0.469. The molecule has 1 fully saturated rings. The number of aromatic nitrogens is 4. The van der Waals surface area contributed by atoms with Crippen LogP contribution in [0.4, 0.5) is 19.0 Å². The van der Waals surface area contributed by atoms with Gasteiger partial charge >= 0.3 is 6.18 Å². The molecule has 9 heteroatoms. The Morgan fingerprint density at radius 2 is 1.97 bits per heavy atom. The van der Waals surface area contributed by atoms with E-state index in [4.69, 9.17) is 0 Å². The molecule has 5 rings (SSSR count). The summed E-state index contributed by atoms with van der Waals surface area (Å²) in [6, 6.07) is 7.70. The summed E-state index contributed by atoms with van der Waals surface area (Å²) >= 11 is 0. The molecular weight excluding hydrogens is 383 g/mol. The molecule has 1 saturated heterocycles. The molecule has 0 amide bonds. The molecule has 3 aromatic rings. The first-order chi connectivity index (χ1) is 13.9. The Balaban J connectivity index is 1.48. The van der Waals surface area contributed by atoms with E-state index in [1.165, 1.54) is 6.07 Å². The fourth-order valence-electron chi connectivity index (χ4n) is 4.48. The smallest absolute Gasteiger partial charge is 0.356 e. The highest BCUT2D eigenvalue weighted by Gasteiger charge is 2.37. The first-order valence-corrected chi connectivity index (χ1v) is 9.43. The van der Waals surface area contributed by atoms with Crippen LogP contribution in [0.25, 0.3) is 11.4 Å². The number of pyridine rings is 2. The Morgan fingerprint density at radius 3 is 2.72 bits per heavy atom. The summed E-state index contributed by atoms with van der Waals surface area (Å²) < 4.78 is 40.9. The largest absolute Gasteiger partial charge is 0.433 e. The molecule has 0 aliphatic carbocycles. The number of nitrogens with zero attached hydrogens (tertiary/aromatic N) is 4. The van der Waals surface area contributed by atoms with Gasteiger partial charge in [-0.1, -0.05) is 6.07 Å². The minimum absolute atomic E-state index is 0.0668. The van der Waals surface area contributed by atoms with Crippen molar-refractivity contribution in [3.05, 3.63) is 64.5 Å². The van der Waals surface area contributed by atoms with E-state index in [0.29, 0.717) is 36.8 Å². The second kappa shape index (κ2) is 6.47. The number of alkyl halides is 3. The van der Waals surface area contributed by atoms with E-state index < -0.39 is 11.9 Å². The molecule has 1 N–H and O–H groups in total. The zero-order chi connectivity index (χ0) is 20.2. The number of piperidine rings is 1. The van der Waals surface area contributed by atoms with Crippen molar-refractivity contribution >= 4 is 5.82 Å². The number of aromatic amines is 1. The number of nitrogens with one attached hydrogen (secondary N) is 1. The van der Waals surface area contributed by atoms with Gasteiger partial charge in [-0.3, -0.25) is 4.79 Å². The SMILES string of the molecule is O=c1c(-c2ncc[nH]2)ccc2n1C[C@H]1C[C@@H]2CN(c2cccc(C(F)(F)F)n2)C1. The number of hydrogen-bond donors (Lipinski definition) is 1. The molecule has 0 radical (unpaired) electrons. The van der Waals surface area contributed by atoms with Crippen LogP contribution >= 0.6 is 0 Å². The maximum absolute atomic E-state index is 13.0. The van der Waals surface area contributed by atoms with Crippen molar-refractivity contribution in [2.75, 3.05) is 18.0 Å². The topological polar surface area (TPSA) is 66.8 Å². The van der Waals surface area contributed by atoms with E-state index in [2.05, 4.69) is 15.0 Å². The average molecular weight is 401 g/mol. The monoisotopic (exact) mass is 401 g/mol. The molecule has 0 spiro atoms. The van der Waals surface area contributed by atoms with E-state index in [0.717, 1.165) is 18.2 Å². The first-order valence-electron chi connectivity index (χ1n) is 9.43. The highest BCUT2D eigenvalue weighted by molar-refractivity contribution is 5.54. The van der Waals surface area contributed by atoms with Gasteiger partial charge in [-0.25, -0.2) is 9.97 Å². The van der Waals surface area contributed by atoms with Crippen LogP contribution in [0.1, 0.15) is 23.7 Å². The number of rotatable bonds is 2. The second-order valence-corrected chi connectivity index (χ2v) is 7.61. The maximum atomic E-state index is 13.0. The van der Waals surface area contributed by atoms with E-state index in [1.54, 1.807) is 29.1 Å². The Hall–Kier alpha value is -3.10. The fraction of sp³-hybridized carbons (Fsp3) is 0.350. The number of hydrogen-bond acceptors (Lipinski definition) is 4. The highest BCUT2D eigenvalue weighted by Crippen LogP contribution is 2.37. The number of anilines is 1. The van der Waals surface area contributed by atoms with Crippen LogP contribution in [-0.4, -0.2) is 32.6 Å². The third kappa shape index (κ3) is 3.10. The third-order valence-corrected chi connectivity index (χ3v) is 5.71. The Bertz CT molecular complexity index is 1110. The lowest BCUT2D eigenvalue weighted by Crippen LogP contribution is -2.47. The van der Waals surface area contributed by atoms with Gasteiger partial charge in [0, 0.05) is 43.6 Å². The molecule has 0 unspecified atom stereocenters. The molecular formula is C20H18F3N5O. The molecule has 2 aliphatic heterocycles. The number of H-pyrrole nitrogens is 1. The highest BCUT2D eigenvalue weighted by atomic mass is 19.4. The molecule has 0 aromatic carbocycles. The van der Waals surface area contributed by atoms with Gasteiger partial charge in [0.25, 0.3) is 5.56 Å². The van der Waals surface area contributed by atoms with E-state index >= 15 is 0 Å². The zero-order valence-corrected chi connectivity index (χ0v) is 15.4. The summed E-state index contributed by atoms with van der Waals surface area (Å²) in [6.45, 7) is 1.64. The van der Waals surface area contributed by atoms with Gasteiger partial charge in [-0.05, 0) is 36.6 Å². The van der Waals surface area contributed by atoms with Crippen molar-refractivity contribution < 1.29 is 13.2 Å². The molecule has 2 aliphatic rings. The number of fused-ring (bicyclic) bond motifs is 4. The lowest BCUT2D eigenvalue weighted by molar-refractivity contribution is -0.141. The van der Waals surface area contributed by atoms with Gasteiger partial charge in [-0.15, -0.1) is 0 Å². The molecule has 150 valence electrons. The predicted molar refractivity (Wildman–Crippen MR) is 101 cm³/mol. The predicted octanol–water partition coefficient (Wildman–Crippen LogP) is 3.28. The lowest BCUT2D eigenvalue weighted by atomic mass is 9.83. The maximum Gasteiger partial charge on any atom is 0.433 e. The van der Waals surface area contributed by atoms with Gasteiger partial charge in [0.15, 0.2) is 0 Å². The summed E-state index contributed by atoms with van der Waals surface area (Å²) in [5, 5.41) is 0. The zero-order valence-electron chi connectivity index (χ0n) is 15.4. The van der Waals surface area contributed by atoms with Crippen LogP contribution < -0.4 is 10.5 Å². The van der Waals surface area contributed by atoms with Crippen LogP contribution in [0.3, 0.4) is 0 Å². The molecule has 29 heavy (non-hydrogen) atoms. The van der Waals surface area contributed by atoms with Gasteiger partial charge < -0.3 is 14.5 Å². The summed E-state index contributed by atoms with van der Waals surface area (Å²) in [5.74, 6) is 1.10. The standard InChI is InChI=1S/C20H18F3N5O/c21-20(22,23)16-2-1-3-17(26-16)27-9-12-8-13(11-27)15-5-4-14(18-24-6-7-25-18)19(29)28(15)10-12/h1-7,12-13H,8-11H2,(H,24,25)/t12-,13+/m0/s1. The van der Waals surface area contributed by atoms with Crippen LogP contribution in [0, 0.1) is 5.92 Å². The van der Waals surface area contributed by atoms with Crippen molar-refractivity contribution in [1.82, 2.24) is 19.5 Å². The van der Waals surface area contributed by atoms with E-state index in [-0.39, 0.29) is 17.4 Å². The van der Waals surface area contributed by atoms with Gasteiger partial charge in [0.05, 0.1) is 5.56 Å². The Morgan fingerprint density at radius 1 is 1.10 bits per heavy atom. The number of halogens is 3. The Labute approximate surface area is 164 Å². The van der Waals surface area contributed by atoms with Crippen molar-refractivity contribution in [1.29, 1.82) is 0 Å². The van der Waals surface area contributed by atoms with Crippen molar-refractivity contribution in [2.45, 2.75) is 25.1 Å². The minimum Gasteiger partial charge on any atom is -0.356 e. The Kier molecular flexibility index (Phi) is 4.01. The van der Waals surface area contributed by atoms with Crippen LogP contribution in [0.15, 0.2) is 47.5 Å². The van der Waals surface area contributed by atoms with Gasteiger partial charge in [0.2, 0.25) is 0 Å². The van der Waals surface area contributed by atoms with E-state index in [9.17, 15) is 18.0 Å². The van der Waals surface area contributed by atoms with Crippen molar-refractivity contribution in [3.8, 4) is 11.4 Å². The fourth-order valence-corrected chi connectivity index (χ4v) is 4.48. The third-order valence-electron chi connectivity index (χ3n) is 5.71. The average Bonchev–Trinajstić information content (AvgIpc) is 3.23.